The van der Waals surface area contributed by atoms with Crippen molar-refractivity contribution in [3.05, 3.63) is 22.3 Å². The minimum absolute atomic E-state index is 0.310. The molecule has 1 aromatic heterocycles. The molecule has 0 amide bonds. The molecule has 18 heavy (non-hydrogen) atoms. The van der Waals surface area contributed by atoms with E-state index in [1.54, 1.807) is 7.11 Å². The van der Waals surface area contributed by atoms with Crippen LogP contribution in [0.25, 0.3) is 0 Å². The highest BCUT2D eigenvalue weighted by Gasteiger charge is 2.17. The van der Waals surface area contributed by atoms with Gasteiger partial charge in [-0.1, -0.05) is 0 Å². The highest BCUT2D eigenvalue weighted by Crippen LogP contribution is 2.23. The highest BCUT2D eigenvalue weighted by atomic mass is 79.9. The summed E-state index contributed by atoms with van der Waals surface area (Å²) in [5.41, 5.74) is 1.19. The summed E-state index contributed by atoms with van der Waals surface area (Å²) in [6, 6.07) is 2.42. The predicted octanol–water partition coefficient (Wildman–Crippen LogP) is 2.42. The van der Waals surface area contributed by atoms with Crippen molar-refractivity contribution in [2.75, 3.05) is 32.2 Å². The molecular weight excluding hydrogens is 294 g/mol. The van der Waals surface area contributed by atoms with Crippen molar-refractivity contribution in [2.24, 2.45) is 0 Å². The second-order valence-electron chi connectivity index (χ2n) is 4.26. The third kappa shape index (κ3) is 3.93. The molecule has 1 unspecified atom stereocenters. The third-order valence-electron chi connectivity index (χ3n) is 2.83. The van der Waals surface area contributed by atoms with Gasteiger partial charge in [0.25, 0.3) is 0 Å². The lowest BCUT2D eigenvalue weighted by molar-refractivity contribution is 0.181. The maximum absolute atomic E-state index is 5.24. The first kappa shape index (κ1) is 15.4. The fraction of sp³-hybridized carbons (Fsp3) is 0.615. The van der Waals surface area contributed by atoms with E-state index in [1.165, 1.54) is 5.56 Å². The lowest BCUT2D eigenvalue weighted by Gasteiger charge is -2.30. The maximum Gasteiger partial charge on any atom is 0.133 e. The van der Waals surface area contributed by atoms with Crippen LogP contribution in [0.3, 0.4) is 0 Å². The van der Waals surface area contributed by atoms with Crippen molar-refractivity contribution >= 4 is 21.7 Å². The number of nitrogens with zero attached hydrogens (tertiary/aromatic N) is 2. The average molecular weight is 316 g/mol. The monoisotopic (exact) mass is 315 g/mol. The summed E-state index contributed by atoms with van der Waals surface area (Å²) in [5.74, 6) is 1.03. The molecule has 1 N–H and O–H groups in total. The van der Waals surface area contributed by atoms with Crippen LogP contribution in [0.15, 0.2) is 16.7 Å². The van der Waals surface area contributed by atoms with E-state index in [-0.39, 0.29) is 0 Å². The van der Waals surface area contributed by atoms with E-state index in [0.717, 1.165) is 23.4 Å². The van der Waals surface area contributed by atoms with Gasteiger partial charge >= 0.3 is 0 Å². The molecule has 0 aliphatic heterocycles. The van der Waals surface area contributed by atoms with Crippen molar-refractivity contribution in [1.82, 2.24) is 10.3 Å². The topological polar surface area (TPSA) is 37.4 Å². The molecule has 0 aliphatic rings. The Morgan fingerprint density at radius 1 is 1.56 bits per heavy atom. The van der Waals surface area contributed by atoms with Gasteiger partial charge in [-0.3, -0.25) is 0 Å². The SMILES string of the molecule is CCN(c1ncc(Br)cc1CNC)C(C)COC. The predicted molar refractivity (Wildman–Crippen MR) is 79.1 cm³/mol. The molecule has 0 bridgehead atoms. The minimum Gasteiger partial charge on any atom is -0.383 e. The van der Waals surface area contributed by atoms with Crippen LogP contribution >= 0.6 is 15.9 Å². The molecule has 4 nitrogen and oxygen atoms in total. The van der Waals surface area contributed by atoms with Crippen molar-refractivity contribution in [3.8, 4) is 0 Å². The Balaban J connectivity index is 3.03. The quantitative estimate of drug-likeness (QED) is 0.838. The molecule has 0 saturated carbocycles. The number of likely N-dealkylation sites (N-methyl/N-ethyl adjacent to an activating group) is 1. The van der Waals surface area contributed by atoms with E-state index in [9.17, 15) is 0 Å². The summed E-state index contributed by atoms with van der Waals surface area (Å²) < 4.78 is 6.24. The van der Waals surface area contributed by atoms with E-state index in [0.29, 0.717) is 12.6 Å². The number of nitrogens with one attached hydrogen (secondary N) is 1. The number of hydrogen-bond acceptors (Lipinski definition) is 4. The van der Waals surface area contributed by atoms with Gasteiger partial charge in [0.05, 0.1) is 12.6 Å². The molecule has 0 saturated heterocycles. The van der Waals surface area contributed by atoms with Gasteiger partial charge in [-0.15, -0.1) is 0 Å². The second-order valence-corrected chi connectivity index (χ2v) is 5.17. The van der Waals surface area contributed by atoms with Crippen LogP contribution in [0, 0.1) is 0 Å². The van der Waals surface area contributed by atoms with Gasteiger partial charge < -0.3 is 15.0 Å². The standard InChI is InChI=1S/C13H22BrN3O/c1-5-17(10(2)9-18-4)13-11(7-15-3)6-12(14)8-16-13/h6,8,10,15H,5,7,9H2,1-4H3. The summed E-state index contributed by atoms with van der Waals surface area (Å²) in [7, 11) is 3.67. The van der Waals surface area contributed by atoms with Crippen LogP contribution < -0.4 is 10.2 Å². The highest BCUT2D eigenvalue weighted by molar-refractivity contribution is 9.10. The van der Waals surface area contributed by atoms with E-state index in [2.05, 4.69) is 51.0 Å². The minimum atomic E-state index is 0.310. The number of methoxy groups -OCH3 is 1. The molecule has 0 spiro atoms. The second kappa shape index (κ2) is 7.71. The Morgan fingerprint density at radius 2 is 2.28 bits per heavy atom. The maximum atomic E-state index is 5.24. The Bertz CT molecular complexity index is 373. The number of pyridine rings is 1. The number of anilines is 1. The largest absolute Gasteiger partial charge is 0.383 e. The number of rotatable bonds is 7. The Kier molecular flexibility index (Phi) is 6.60. The van der Waals surface area contributed by atoms with E-state index >= 15 is 0 Å². The molecule has 1 rings (SSSR count). The Labute approximate surface area is 118 Å². The molecule has 1 aromatic rings. The van der Waals surface area contributed by atoms with Gasteiger partial charge in [0, 0.05) is 36.4 Å². The van der Waals surface area contributed by atoms with Gasteiger partial charge in [-0.05, 0) is 42.9 Å². The van der Waals surface area contributed by atoms with Gasteiger partial charge in [-0.25, -0.2) is 4.98 Å². The lowest BCUT2D eigenvalue weighted by Crippen LogP contribution is -2.37. The Hall–Kier alpha value is -0.650. The van der Waals surface area contributed by atoms with Crippen LogP contribution in [0.4, 0.5) is 5.82 Å². The number of aromatic nitrogens is 1. The molecule has 0 radical (unpaired) electrons. The van der Waals surface area contributed by atoms with Crippen LogP contribution in [0.2, 0.25) is 0 Å². The smallest absolute Gasteiger partial charge is 0.133 e. The number of hydrogen-bond donors (Lipinski definition) is 1. The van der Waals surface area contributed by atoms with Crippen molar-refractivity contribution < 1.29 is 4.74 Å². The molecule has 0 aromatic carbocycles. The van der Waals surface area contributed by atoms with Crippen molar-refractivity contribution in [1.29, 1.82) is 0 Å². The average Bonchev–Trinajstić information content (AvgIpc) is 2.33. The summed E-state index contributed by atoms with van der Waals surface area (Å²) in [4.78, 5) is 6.82. The first-order chi connectivity index (χ1) is 8.63. The molecular formula is C13H22BrN3O. The molecule has 0 aliphatic carbocycles. The summed E-state index contributed by atoms with van der Waals surface area (Å²) in [6.07, 6.45) is 1.84. The Morgan fingerprint density at radius 3 is 2.83 bits per heavy atom. The fourth-order valence-electron chi connectivity index (χ4n) is 2.05. The normalized spacial score (nSPS) is 12.5. The third-order valence-corrected chi connectivity index (χ3v) is 3.26. The molecule has 1 heterocycles. The zero-order chi connectivity index (χ0) is 13.5. The van der Waals surface area contributed by atoms with Crippen LogP contribution in [-0.4, -0.2) is 38.3 Å². The summed E-state index contributed by atoms with van der Waals surface area (Å²) in [5, 5.41) is 3.18. The first-order valence-electron chi connectivity index (χ1n) is 6.18. The summed E-state index contributed by atoms with van der Waals surface area (Å²) >= 11 is 3.47. The van der Waals surface area contributed by atoms with E-state index in [1.807, 2.05) is 13.2 Å². The molecule has 5 heteroatoms. The van der Waals surface area contributed by atoms with E-state index in [4.69, 9.17) is 4.74 Å². The van der Waals surface area contributed by atoms with Gasteiger partial charge in [0.15, 0.2) is 0 Å². The van der Waals surface area contributed by atoms with Gasteiger partial charge in [0.1, 0.15) is 5.82 Å². The van der Waals surface area contributed by atoms with Crippen LogP contribution in [0.1, 0.15) is 19.4 Å². The summed E-state index contributed by atoms with van der Waals surface area (Å²) in [6.45, 7) is 6.71. The van der Waals surface area contributed by atoms with Gasteiger partial charge in [-0.2, -0.15) is 0 Å². The van der Waals surface area contributed by atoms with Crippen LogP contribution in [0.5, 0.6) is 0 Å². The van der Waals surface area contributed by atoms with Crippen molar-refractivity contribution in [2.45, 2.75) is 26.4 Å². The van der Waals surface area contributed by atoms with Crippen LogP contribution in [-0.2, 0) is 11.3 Å². The first-order valence-corrected chi connectivity index (χ1v) is 6.97. The molecule has 0 fully saturated rings. The number of ether oxygens (including phenoxy) is 1. The fourth-order valence-corrected chi connectivity index (χ4v) is 2.43. The number of halogens is 1. The lowest BCUT2D eigenvalue weighted by atomic mass is 10.2. The molecule has 1 atom stereocenters. The zero-order valence-electron chi connectivity index (χ0n) is 11.5. The van der Waals surface area contributed by atoms with Crippen molar-refractivity contribution in [3.63, 3.8) is 0 Å². The van der Waals surface area contributed by atoms with E-state index < -0.39 is 0 Å². The van der Waals surface area contributed by atoms with Gasteiger partial charge in [0.2, 0.25) is 0 Å². The molecule has 102 valence electrons. The zero-order valence-corrected chi connectivity index (χ0v) is 13.1.